The number of nitrogens with one attached hydrogen (secondary N) is 1. The first kappa shape index (κ1) is 16.7. The van der Waals surface area contributed by atoms with Crippen LogP contribution in [0.25, 0.3) is 0 Å². The first-order valence-electron chi connectivity index (χ1n) is 5.18. The third-order valence-corrected chi connectivity index (χ3v) is 1.38. The second-order valence-corrected chi connectivity index (χ2v) is 2.39. The molecule has 0 bridgehead atoms. The number of allylic oxidation sites excluding steroid dienone is 1. The first-order valence-corrected chi connectivity index (χ1v) is 5.18. The second-order valence-electron chi connectivity index (χ2n) is 2.39. The number of hydrogen-bond donors (Lipinski definition) is 3. The van der Waals surface area contributed by atoms with E-state index in [1.807, 2.05) is 13.8 Å². The smallest absolute Gasteiger partial charge is 0.373 e. The molecule has 0 aromatic heterocycles. The van der Waals surface area contributed by atoms with E-state index in [0.29, 0.717) is 6.42 Å². The lowest BCUT2D eigenvalue weighted by Crippen LogP contribution is -2.30. The fraction of sp³-hybridized carbons (Fsp3) is 0.600. The number of hydrogen-bond acceptors (Lipinski definition) is 3. The van der Waals surface area contributed by atoms with Crippen molar-refractivity contribution in [2.75, 3.05) is 6.61 Å². The van der Waals surface area contributed by atoms with Crippen LogP contribution < -0.4 is 11.1 Å². The Bertz CT molecular complexity index is 262. The average Bonchev–Trinajstić information content (AvgIpc) is 2.25. The molecule has 0 spiro atoms. The summed E-state index contributed by atoms with van der Waals surface area (Å²) in [6.07, 6.45) is 0.324. The number of aliphatic carboxylic acids is 1. The largest absolute Gasteiger partial charge is 0.486 e. The lowest BCUT2D eigenvalue weighted by molar-refractivity contribution is -0.136. The van der Waals surface area contributed by atoms with Crippen LogP contribution in [-0.4, -0.2) is 23.7 Å². The van der Waals surface area contributed by atoms with E-state index in [9.17, 15) is 9.59 Å². The van der Waals surface area contributed by atoms with Crippen molar-refractivity contribution in [3.63, 3.8) is 0 Å². The number of ether oxygens (including phenoxy) is 1. The molecule has 0 radical (unpaired) electrons. The number of rotatable bonds is 5. The minimum absolute atomic E-state index is 0.173. The highest BCUT2D eigenvalue weighted by Crippen LogP contribution is 2.07. The number of primary amides is 1. The Hall–Kier alpha value is -1.72. The third-order valence-electron chi connectivity index (χ3n) is 1.38. The maximum Gasteiger partial charge on any atom is 0.373 e. The van der Waals surface area contributed by atoms with Gasteiger partial charge in [0.1, 0.15) is 0 Å². The Morgan fingerprint density at radius 3 is 2.06 bits per heavy atom. The molecule has 0 aliphatic heterocycles. The Morgan fingerprint density at radius 2 is 1.81 bits per heavy atom. The molecule has 0 unspecified atom stereocenters. The molecule has 94 valence electrons. The summed E-state index contributed by atoms with van der Waals surface area (Å²) in [5.74, 6) is -1.49. The van der Waals surface area contributed by atoms with Gasteiger partial charge in [-0.15, -0.1) is 0 Å². The number of urea groups is 1. The van der Waals surface area contributed by atoms with E-state index in [1.165, 1.54) is 0 Å². The zero-order chi connectivity index (χ0) is 13.1. The fourth-order valence-electron chi connectivity index (χ4n) is 0.877. The van der Waals surface area contributed by atoms with Crippen LogP contribution in [0.15, 0.2) is 11.5 Å². The molecule has 16 heavy (non-hydrogen) atoms. The van der Waals surface area contributed by atoms with Gasteiger partial charge in [-0.05, 0) is 13.3 Å². The molecule has 6 heteroatoms. The standard InChI is InChI=1S/C8H14N2O4.C2H6/c1-3-5(10-8(9)13)6(7(11)12)14-4-2;1-2/h3-4H2,1-2H3,(H,11,12)(H3,9,10,13);1-2H3. The van der Waals surface area contributed by atoms with E-state index >= 15 is 0 Å². The summed E-state index contributed by atoms with van der Waals surface area (Å²) >= 11 is 0. The lowest BCUT2D eigenvalue weighted by Gasteiger charge is -2.10. The molecule has 2 amide bonds. The molecular formula is C10H20N2O4. The zero-order valence-corrected chi connectivity index (χ0v) is 10.2. The van der Waals surface area contributed by atoms with Gasteiger partial charge in [-0.1, -0.05) is 20.8 Å². The highest BCUT2D eigenvalue weighted by atomic mass is 16.5. The molecule has 0 saturated heterocycles. The zero-order valence-electron chi connectivity index (χ0n) is 10.2. The van der Waals surface area contributed by atoms with Crippen LogP contribution in [0, 0.1) is 0 Å². The topological polar surface area (TPSA) is 102 Å². The summed E-state index contributed by atoms with van der Waals surface area (Å²) in [6, 6.07) is -0.805. The quantitative estimate of drug-likeness (QED) is 0.492. The van der Waals surface area contributed by atoms with Crippen molar-refractivity contribution in [3.8, 4) is 0 Å². The molecule has 0 saturated carbocycles. The summed E-state index contributed by atoms with van der Waals surface area (Å²) < 4.78 is 4.87. The monoisotopic (exact) mass is 232 g/mol. The van der Waals surface area contributed by atoms with Crippen LogP contribution in [0.4, 0.5) is 4.79 Å². The molecule has 0 aliphatic rings. The van der Waals surface area contributed by atoms with E-state index < -0.39 is 12.0 Å². The van der Waals surface area contributed by atoms with Gasteiger partial charge in [0.05, 0.1) is 12.3 Å². The highest BCUT2D eigenvalue weighted by Gasteiger charge is 2.15. The van der Waals surface area contributed by atoms with Gasteiger partial charge in [0.2, 0.25) is 5.76 Å². The summed E-state index contributed by atoms with van der Waals surface area (Å²) in [7, 11) is 0. The minimum atomic E-state index is -1.22. The Kier molecular flexibility index (Phi) is 10.3. The fourth-order valence-corrected chi connectivity index (χ4v) is 0.877. The average molecular weight is 232 g/mol. The van der Waals surface area contributed by atoms with Crippen molar-refractivity contribution >= 4 is 12.0 Å². The van der Waals surface area contributed by atoms with Gasteiger partial charge >= 0.3 is 12.0 Å². The minimum Gasteiger partial charge on any atom is -0.486 e. The van der Waals surface area contributed by atoms with Gasteiger partial charge in [0.25, 0.3) is 0 Å². The van der Waals surface area contributed by atoms with Crippen LogP contribution in [0.3, 0.4) is 0 Å². The van der Waals surface area contributed by atoms with Crippen LogP contribution in [-0.2, 0) is 9.53 Å². The molecule has 0 atom stereocenters. The number of carbonyl (C=O) groups is 2. The normalized spacial score (nSPS) is 10.5. The predicted molar refractivity (Wildman–Crippen MR) is 60.6 cm³/mol. The van der Waals surface area contributed by atoms with Gasteiger partial charge in [0, 0.05) is 0 Å². The van der Waals surface area contributed by atoms with Crippen LogP contribution >= 0.6 is 0 Å². The predicted octanol–water partition coefficient (Wildman–Crippen LogP) is 1.42. The van der Waals surface area contributed by atoms with Crippen molar-refractivity contribution in [2.24, 2.45) is 5.73 Å². The molecule has 4 N–H and O–H groups in total. The maximum atomic E-state index is 10.7. The Labute approximate surface area is 95.5 Å². The maximum absolute atomic E-state index is 10.7. The van der Waals surface area contributed by atoms with Crippen molar-refractivity contribution in [3.05, 3.63) is 11.5 Å². The molecule has 0 fully saturated rings. The number of carboxylic acid groups (broad SMARTS) is 1. The molecule has 0 rings (SSSR count). The third kappa shape index (κ3) is 6.69. The van der Waals surface area contributed by atoms with Crippen molar-refractivity contribution < 1.29 is 19.4 Å². The van der Waals surface area contributed by atoms with E-state index in [4.69, 9.17) is 15.6 Å². The molecule has 0 aliphatic carbocycles. The SMILES string of the molecule is CC.CCOC(C(=O)O)=C(CC)NC(N)=O. The van der Waals surface area contributed by atoms with Gasteiger partial charge in [-0.2, -0.15) is 0 Å². The van der Waals surface area contributed by atoms with E-state index in [0.717, 1.165) is 0 Å². The van der Waals surface area contributed by atoms with Crippen LogP contribution in [0.2, 0.25) is 0 Å². The van der Waals surface area contributed by atoms with E-state index in [-0.39, 0.29) is 18.1 Å². The van der Waals surface area contributed by atoms with Crippen molar-refractivity contribution in [1.82, 2.24) is 5.32 Å². The summed E-state index contributed by atoms with van der Waals surface area (Å²) in [5, 5.41) is 11.0. The second kappa shape index (κ2) is 9.82. The molecular weight excluding hydrogens is 212 g/mol. The Morgan fingerprint density at radius 1 is 1.31 bits per heavy atom. The molecule has 0 aromatic carbocycles. The van der Waals surface area contributed by atoms with Crippen LogP contribution in [0.1, 0.15) is 34.1 Å². The van der Waals surface area contributed by atoms with Gasteiger partial charge < -0.3 is 20.9 Å². The summed E-state index contributed by atoms with van der Waals surface area (Å²) in [4.78, 5) is 21.2. The molecule has 6 nitrogen and oxygen atoms in total. The molecule has 0 heterocycles. The first-order chi connectivity index (χ1) is 7.52. The summed E-state index contributed by atoms with van der Waals surface area (Å²) in [5.41, 5.74) is 5.04. The summed E-state index contributed by atoms with van der Waals surface area (Å²) in [6.45, 7) is 7.55. The number of nitrogens with two attached hydrogens (primary N) is 1. The highest BCUT2D eigenvalue weighted by molar-refractivity contribution is 5.86. The van der Waals surface area contributed by atoms with Gasteiger partial charge in [0.15, 0.2) is 0 Å². The van der Waals surface area contributed by atoms with Gasteiger partial charge in [-0.3, -0.25) is 0 Å². The number of amides is 2. The van der Waals surface area contributed by atoms with Crippen LogP contribution in [0.5, 0.6) is 0 Å². The van der Waals surface area contributed by atoms with E-state index in [1.54, 1.807) is 13.8 Å². The van der Waals surface area contributed by atoms with Crippen molar-refractivity contribution in [2.45, 2.75) is 34.1 Å². The van der Waals surface area contributed by atoms with Crippen molar-refractivity contribution in [1.29, 1.82) is 0 Å². The lowest BCUT2D eigenvalue weighted by atomic mass is 10.3. The van der Waals surface area contributed by atoms with Gasteiger partial charge in [-0.25, -0.2) is 9.59 Å². The number of carboxylic acids is 1. The number of carbonyl (C=O) groups excluding carboxylic acids is 1. The Balaban J connectivity index is 0. The molecule has 0 aromatic rings. The van der Waals surface area contributed by atoms with E-state index in [2.05, 4.69) is 5.32 Å².